The molecule has 90 valence electrons. The number of nitrogens with zero attached hydrogens (tertiary/aromatic N) is 2. The third-order valence-electron chi connectivity index (χ3n) is 2.62. The van der Waals surface area contributed by atoms with Gasteiger partial charge in [-0.2, -0.15) is 0 Å². The lowest BCUT2D eigenvalue weighted by Crippen LogP contribution is -2.18. The van der Waals surface area contributed by atoms with Gasteiger partial charge < -0.3 is 10.2 Å². The Morgan fingerprint density at radius 1 is 1.29 bits per heavy atom. The van der Waals surface area contributed by atoms with Crippen LogP contribution >= 0.6 is 0 Å². The van der Waals surface area contributed by atoms with E-state index < -0.39 is 0 Å². The Morgan fingerprint density at radius 3 is 2.88 bits per heavy atom. The maximum Gasteiger partial charge on any atom is 0.121 e. The maximum absolute atomic E-state index is 5.60. The molecule has 2 aromatic rings. The average molecular weight is 231 g/mol. The molecule has 2 rings (SSSR count). The van der Waals surface area contributed by atoms with E-state index in [4.69, 9.17) is 10.2 Å². The number of rotatable bonds is 5. The quantitative estimate of drug-likeness (QED) is 0.852. The van der Waals surface area contributed by atoms with Gasteiger partial charge in [-0.25, -0.2) is 0 Å². The number of aromatic nitrogens is 1. The van der Waals surface area contributed by atoms with Crippen LogP contribution in [-0.4, -0.2) is 16.9 Å². The lowest BCUT2D eigenvalue weighted by Gasteiger charge is -2.15. The van der Waals surface area contributed by atoms with Gasteiger partial charge in [0.25, 0.3) is 0 Å². The van der Waals surface area contributed by atoms with Crippen molar-refractivity contribution < 1.29 is 4.42 Å². The fraction of sp³-hybridized carbons (Fsp3) is 0.308. The Bertz CT molecular complexity index is 453. The van der Waals surface area contributed by atoms with Crippen molar-refractivity contribution in [3.8, 4) is 0 Å². The molecule has 0 spiro atoms. The van der Waals surface area contributed by atoms with Gasteiger partial charge in [-0.1, -0.05) is 6.07 Å². The third kappa shape index (κ3) is 3.15. The smallest absolute Gasteiger partial charge is 0.121 e. The van der Waals surface area contributed by atoms with E-state index in [1.54, 1.807) is 6.26 Å². The SMILES string of the molecule is CN(Cc1ccccn1)Cc1ccoc1CN. The molecule has 0 aliphatic heterocycles. The van der Waals surface area contributed by atoms with Crippen LogP contribution in [0.1, 0.15) is 17.0 Å². The van der Waals surface area contributed by atoms with Gasteiger partial charge in [-0.15, -0.1) is 0 Å². The van der Waals surface area contributed by atoms with Crippen LogP contribution in [-0.2, 0) is 19.6 Å². The van der Waals surface area contributed by atoms with Crippen molar-refractivity contribution in [2.75, 3.05) is 7.05 Å². The number of hydrogen-bond acceptors (Lipinski definition) is 4. The second-order valence-corrected chi connectivity index (χ2v) is 4.07. The summed E-state index contributed by atoms with van der Waals surface area (Å²) in [4.78, 5) is 6.49. The molecule has 0 bridgehead atoms. The predicted molar refractivity (Wildman–Crippen MR) is 66.0 cm³/mol. The maximum atomic E-state index is 5.60. The summed E-state index contributed by atoms with van der Waals surface area (Å²) in [7, 11) is 2.06. The zero-order valence-electron chi connectivity index (χ0n) is 9.97. The molecule has 2 heterocycles. The first kappa shape index (κ1) is 11.8. The molecule has 0 aromatic carbocycles. The molecule has 0 fully saturated rings. The molecule has 17 heavy (non-hydrogen) atoms. The van der Waals surface area contributed by atoms with Crippen LogP contribution in [0.25, 0.3) is 0 Å². The van der Waals surface area contributed by atoms with Gasteiger partial charge in [-0.3, -0.25) is 9.88 Å². The standard InChI is InChI=1S/C13H17N3O/c1-16(10-12-4-2-3-6-15-12)9-11-5-7-17-13(11)8-14/h2-7H,8-10,14H2,1H3. The van der Waals surface area contributed by atoms with E-state index in [0.717, 1.165) is 30.1 Å². The molecule has 0 radical (unpaired) electrons. The number of nitrogens with two attached hydrogens (primary N) is 1. The van der Waals surface area contributed by atoms with Crippen LogP contribution in [0, 0.1) is 0 Å². The van der Waals surface area contributed by atoms with Gasteiger partial charge >= 0.3 is 0 Å². The topological polar surface area (TPSA) is 55.3 Å². The third-order valence-corrected chi connectivity index (χ3v) is 2.62. The van der Waals surface area contributed by atoms with Gasteiger partial charge in [0, 0.05) is 24.8 Å². The summed E-state index contributed by atoms with van der Waals surface area (Å²) >= 11 is 0. The first-order valence-electron chi connectivity index (χ1n) is 5.63. The summed E-state index contributed by atoms with van der Waals surface area (Å²) in [5, 5.41) is 0. The van der Waals surface area contributed by atoms with Gasteiger partial charge in [-0.05, 0) is 25.2 Å². The molecule has 0 aliphatic rings. The first-order chi connectivity index (χ1) is 8.29. The van der Waals surface area contributed by atoms with Crippen LogP contribution in [0.4, 0.5) is 0 Å². The van der Waals surface area contributed by atoms with Crippen molar-refractivity contribution in [1.29, 1.82) is 0 Å². The highest BCUT2D eigenvalue weighted by atomic mass is 16.3. The van der Waals surface area contributed by atoms with Crippen LogP contribution in [0.2, 0.25) is 0 Å². The molecule has 0 saturated heterocycles. The largest absolute Gasteiger partial charge is 0.468 e. The second-order valence-electron chi connectivity index (χ2n) is 4.07. The predicted octanol–water partition coefficient (Wildman–Crippen LogP) is 1.77. The zero-order valence-corrected chi connectivity index (χ0v) is 9.97. The van der Waals surface area contributed by atoms with E-state index in [1.807, 2.05) is 30.5 Å². The lowest BCUT2D eigenvalue weighted by molar-refractivity contribution is 0.311. The molecule has 4 heteroatoms. The Morgan fingerprint density at radius 2 is 2.18 bits per heavy atom. The van der Waals surface area contributed by atoms with Gasteiger partial charge in [0.2, 0.25) is 0 Å². The van der Waals surface area contributed by atoms with Crippen LogP contribution in [0.15, 0.2) is 41.1 Å². The van der Waals surface area contributed by atoms with Crippen molar-refractivity contribution in [3.05, 3.63) is 53.7 Å². The molecular formula is C13H17N3O. The summed E-state index contributed by atoms with van der Waals surface area (Å²) in [6, 6.07) is 7.91. The van der Waals surface area contributed by atoms with Crippen molar-refractivity contribution in [3.63, 3.8) is 0 Å². The van der Waals surface area contributed by atoms with Crippen LogP contribution in [0.5, 0.6) is 0 Å². The minimum Gasteiger partial charge on any atom is -0.468 e. The van der Waals surface area contributed by atoms with Gasteiger partial charge in [0.05, 0.1) is 18.5 Å². The summed E-state index contributed by atoms with van der Waals surface area (Å²) in [5.74, 6) is 0.859. The van der Waals surface area contributed by atoms with E-state index in [9.17, 15) is 0 Å². The average Bonchev–Trinajstić information content (AvgIpc) is 2.77. The molecule has 0 atom stereocenters. The Kier molecular flexibility index (Phi) is 3.90. The van der Waals surface area contributed by atoms with Crippen molar-refractivity contribution in [2.45, 2.75) is 19.6 Å². The van der Waals surface area contributed by atoms with E-state index in [2.05, 4.69) is 16.9 Å². The Labute approximate surface area is 101 Å². The normalized spacial score (nSPS) is 11.0. The molecule has 2 N–H and O–H groups in total. The van der Waals surface area contributed by atoms with Crippen LogP contribution < -0.4 is 5.73 Å². The van der Waals surface area contributed by atoms with Crippen molar-refractivity contribution in [1.82, 2.24) is 9.88 Å². The monoisotopic (exact) mass is 231 g/mol. The minimum absolute atomic E-state index is 0.444. The highest BCUT2D eigenvalue weighted by Crippen LogP contribution is 2.13. The molecule has 0 unspecified atom stereocenters. The molecule has 4 nitrogen and oxygen atoms in total. The highest BCUT2D eigenvalue weighted by molar-refractivity contribution is 5.16. The van der Waals surface area contributed by atoms with Gasteiger partial charge in [0.1, 0.15) is 5.76 Å². The number of pyridine rings is 1. The minimum atomic E-state index is 0.444. The fourth-order valence-electron chi connectivity index (χ4n) is 1.80. The molecule has 0 aliphatic carbocycles. The Balaban J connectivity index is 1.96. The fourth-order valence-corrected chi connectivity index (χ4v) is 1.80. The zero-order chi connectivity index (χ0) is 12.1. The van der Waals surface area contributed by atoms with Gasteiger partial charge in [0.15, 0.2) is 0 Å². The van der Waals surface area contributed by atoms with Crippen molar-refractivity contribution >= 4 is 0 Å². The molecule has 2 aromatic heterocycles. The molecular weight excluding hydrogens is 214 g/mol. The summed E-state index contributed by atoms with van der Waals surface area (Å²) in [5.41, 5.74) is 7.81. The van der Waals surface area contributed by atoms with Crippen LogP contribution in [0.3, 0.4) is 0 Å². The number of furan rings is 1. The van der Waals surface area contributed by atoms with Crippen molar-refractivity contribution in [2.24, 2.45) is 5.73 Å². The lowest BCUT2D eigenvalue weighted by atomic mass is 10.2. The molecule has 0 saturated carbocycles. The summed E-state index contributed by atoms with van der Waals surface area (Å²) < 4.78 is 5.30. The summed E-state index contributed by atoms with van der Waals surface area (Å²) in [6.45, 7) is 2.08. The summed E-state index contributed by atoms with van der Waals surface area (Å²) in [6.07, 6.45) is 3.50. The first-order valence-corrected chi connectivity index (χ1v) is 5.63. The van der Waals surface area contributed by atoms with E-state index in [1.165, 1.54) is 0 Å². The molecule has 0 amide bonds. The number of hydrogen-bond donors (Lipinski definition) is 1. The Hall–Kier alpha value is -1.65. The van der Waals surface area contributed by atoms with E-state index in [-0.39, 0.29) is 0 Å². The van der Waals surface area contributed by atoms with E-state index in [0.29, 0.717) is 6.54 Å². The highest BCUT2D eigenvalue weighted by Gasteiger charge is 2.08. The second kappa shape index (κ2) is 5.61. The van der Waals surface area contributed by atoms with E-state index >= 15 is 0 Å².